The molecule has 0 saturated carbocycles. The summed E-state index contributed by atoms with van der Waals surface area (Å²) in [4.78, 5) is 22.6. The van der Waals surface area contributed by atoms with Gasteiger partial charge in [-0.1, -0.05) is 41.4 Å². The Hall–Kier alpha value is -2.99. The molecular formula is C33H42Cl2N4O6. The Morgan fingerprint density at radius 2 is 1.67 bits per heavy atom. The number of ether oxygens (including phenoxy) is 5. The minimum Gasteiger partial charge on any atom is -0.475 e. The van der Waals surface area contributed by atoms with E-state index in [1.165, 1.54) is 6.33 Å². The standard InChI is InChI=1S/C33H42Cl2N4O6/c1-33(2,3)45-32(40)36-8-9-41-10-11-42-12-13-43-14-15-44-31-19-30(37-22-38-31)24-7-5-6-23(16-24)27-20-39(4)21-28-26(27)17-25(34)18-29(28)35/h5-7,16-19,22,27H,8-15,20-21H2,1-4H3,(H,36,40)/t27-/m0/s1. The molecular weight excluding hydrogens is 619 g/mol. The van der Waals surface area contributed by atoms with Gasteiger partial charge in [-0.3, -0.25) is 0 Å². The maximum absolute atomic E-state index is 11.6. The Morgan fingerprint density at radius 3 is 2.40 bits per heavy atom. The highest BCUT2D eigenvalue weighted by atomic mass is 35.5. The maximum atomic E-state index is 11.6. The lowest BCUT2D eigenvalue weighted by molar-refractivity contribution is 0.00881. The fourth-order valence-electron chi connectivity index (χ4n) is 4.91. The molecule has 0 radical (unpaired) electrons. The second-order valence-electron chi connectivity index (χ2n) is 11.7. The van der Waals surface area contributed by atoms with E-state index in [0.29, 0.717) is 68.7 Å². The number of alkyl carbamates (subject to hydrolysis) is 1. The van der Waals surface area contributed by atoms with Gasteiger partial charge in [-0.05, 0) is 62.7 Å². The molecule has 2 aromatic carbocycles. The van der Waals surface area contributed by atoms with Gasteiger partial charge in [0.2, 0.25) is 5.88 Å². The van der Waals surface area contributed by atoms with Crippen molar-refractivity contribution in [3.8, 4) is 17.1 Å². The number of fused-ring (bicyclic) bond motifs is 1. The number of likely N-dealkylation sites (N-methyl/N-ethyl adjacent to an activating group) is 1. The van der Waals surface area contributed by atoms with E-state index in [1.54, 1.807) is 0 Å². The molecule has 3 aromatic rings. The van der Waals surface area contributed by atoms with Crippen LogP contribution in [-0.2, 0) is 25.5 Å². The normalized spacial score (nSPS) is 15.0. The smallest absolute Gasteiger partial charge is 0.407 e. The summed E-state index contributed by atoms with van der Waals surface area (Å²) in [6.45, 7) is 10.3. The third-order valence-corrected chi connectivity index (χ3v) is 7.41. The average molecular weight is 662 g/mol. The maximum Gasteiger partial charge on any atom is 0.407 e. The van der Waals surface area contributed by atoms with Gasteiger partial charge < -0.3 is 33.9 Å². The Labute approximate surface area is 275 Å². The summed E-state index contributed by atoms with van der Waals surface area (Å²) in [5.74, 6) is 0.610. The van der Waals surface area contributed by atoms with Crippen molar-refractivity contribution in [3.63, 3.8) is 0 Å². The average Bonchev–Trinajstić information content (AvgIpc) is 2.99. The van der Waals surface area contributed by atoms with Crippen LogP contribution in [0.15, 0.2) is 48.8 Å². The van der Waals surface area contributed by atoms with Crippen LogP contribution in [-0.4, -0.2) is 92.9 Å². The number of halogens is 2. The zero-order chi connectivity index (χ0) is 32.2. The number of nitrogens with one attached hydrogen (secondary N) is 1. The molecule has 0 spiro atoms. The number of benzene rings is 2. The van der Waals surface area contributed by atoms with Crippen LogP contribution in [0.3, 0.4) is 0 Å². The van der Waals surface area contributed by atoms with Crippen LogP contribution in [0.5, 0.6) is 5.88 Å². The largest absolute Gasteiger partial charge is 0.475 e. The third kappa shape index (κ3) is 11.4. The van der Waals surface area contributed by atoms with Crippen molar-refractivity contribution < 1.29 is 28.5 Å². The summed E-state index contributed by atoms with van der Waals surface area (Å²) in [6, 6.07) is 14.0. The molecule has 1 atom stereocenters. The predicted molar refractivity (Wildman–Crippen MR) is 174 cm³/mol. The minimum absolute atomic E-state index is 0.134. The minimum atomic E-state index is -0.520. The lowest BCUT2D eigenvalue weighted by atomic mass is 9.84. The van der Waals surface area contributed by atoms with E-state index in [-0.39, 0.29) is 5.92 Å². The SMILES string of the molecule is CN1Cc2c(Cl)cc(Cl)cc2[C@H](c2cccc(-c3cc(OCCOCCOCCOCCNC(=O)OC(C)(C)C)ncn3)c2)C1. The van der Waals surface area contributed by atoms with Crippen molar-refractivity contribution in [3.05, 3.63) is 75.5 Å². The Balaban J connectivity index is 1.15. The number of aromatic nitrogens is 2. The van der Waals surface area contributed by atoms with Crippen LogP contribution in [0.1, 0.15) is 43.4 Å². The molecule has 1 aromatic heterocycles. The first-order valence-electron chi connectivity index (χ1n) is 15.0. The first kappa shape index (κ1) is 34.9. The van der Waals surface area contributed by atoms with Gasteiger partial charge in [0.1, 0.15) is 18.5 Å². The van der Waals surface area contributed by atoms with E-state index in [2.05, 4.69) is 39.4 Å². The second-order valence-corrected chi connectivity index (χ2v) is 12.5. The second kappa shape index (κ2) is 17.1. The van der Waals surface area contributed by atoms with E-state index in [9.17, 15) is 4.79 Å². The zero-order valence-electron chi connectivity index (χ0n) is 26.3. The van der Waals surface area contributed by atoms with E-state index in [4.69, 9.17) is 46.9 Å². The Morgan fingerprint density at radius 1 is 0.956 bits per heavy atom. The van der Waals surface area contributed by atoms with Gasteiger partial charge >= 0.3 is 6.09 Å². The molecule has 1 amide bonds. The van der Waals surface area contributed by atoms with E-state index < -0.39 is 11.7 Å². The van der Waals surface area contributed by atoms with Gasteiger partial charge in [0.25, 0.3) is 0 Å². The van der Waals surface area contributed by atoms with Crippen molar-refractivity contribution in [1.82, 2.24) is 20.2 Å². The monoisotopic (exact) mass is 660 g/mol. The number of carbonyl (C=O) groups excluding carboxylic acids is 1. The molecule has 0 aliphatic carbocycles. The summed E-state index contributed by atoms with van der Waals surface area (Å²) in [6.07, 6.45) is 1.05. The van der Waals surface area contributed by atoms with Crippen molar-refractivity contribution in [2.24, 2.45) is 0 Å². The lowest BCUT2D eigenvalue weighted by Crippen LogP contribution is -2.34. The summed E-state index contributed by atoms with van der Waals surface area (Å²) in [5.41, 5.74) is 4.67. The molecule has 0 unspecified atom stereocenters. The molecule has 0 fully saturated rings. The number of amides is 1. The molecule has 2 heterocycles. The zero-order valence-corrected chi connectivity index (χ0v) is 27.8. The molecule has 1 aliphatic rings. The molecule has 0 saturated heterocycles. The van der Waals surface area contributed by atoms with Crippen molar-refractivity contribution >= 4 is 29.3 Å². The van der Waals surface area contributed by atoms with Gasteiger partial charge in [0.15, 0.2) is 0 Å². The molecule has 1 aliphatic heterocycles. The third-order valence-electron chi connectivity index (χ3n) is 6.86. The van der Waals surface area contributed by atoms with Crippen LogP contribution >= 0.6 is 23.2 Å². The van der Waals surface area contributed by atoms with E-state index in [1.807, 2.05) is 51.1 Å². The number of rotatable bonds is 15. The molecule has 4 rings (SSSR count). The molecule has 244 valence electrons. The fraction of sp³-hybridized carbons (Fsp3) is 0.485. The topological polar surface area (TPSA) is 104 Å². The molecule has 0 bridgehead atoms. The van der Waals surface area contributed by atoms with E-state index >= 15 is 0 Å². The number of hydrogen-bond donors (Lipinski definition) is 1. The van der Waals surface area contributed by atoms with Gasteiger partial charge in [-0.2, -0.15) is 0 Å². The van der Waals surface area contributed by atoms with Crippen LogP contribution in [0.25, 0.3) is 11.3 Å². The molecule has 1 N–H and O–H groups in total. The highest BCUT2D eigenvalue weighted by molar-refractivity contribution is 6.35. The van der Waals surface area contributed by atoms with Crippen molar-refractivity contribution in [1.29, 1.82) is 0 Å². The first-order valence-corrected chi connectivity index (χ1v) is 15.8. The molecule has 12 heteroatoms. The van der Waals surface area contributed by atoms with Crippen molar-refractivity contribution in [2.45, 2.75) is 38.8 Å². The van der Waals surface area contributed by atoms with Crippen molar-refractivity contribution in [2.75, 3.05) is 66.4 Å². The molecule has 45 heavy (non-hydrogen) atoms. The Bertz CT molecular complexity index is 1400. The first-order chi connectivity index (χ1) is 21.6. The molecule has 10 nitrogen and oxygen atoms in total. The summed E-state index contributed by atoms with van der Waals surface area (Å²) < 4.78 is 27.5. The lowest BCUT2D eigenvalue weighted by Gasteiger charge is -2.33. The summed E-state index contributed by atoms with van der Waals surface area (Å²) in [7, 11) is 2.10. The van der Waals surface area contributed by atoms with Crippen LogP contribution in [0.4, 0.5) is 4.79 Å². The van der Waals surface area contributed by atoms with Crippen LogP contribution in [0, 0.1) is 0 Å². The van der Waals surface area contributed by atoms with Gasteiger partial charge in [-0.15, -0.1) is 0 Å². The Kier molecular flexibility index (Phi) is 13.2. The highest BCUT2D eigenvalue weighted by Crippen LogP contribution is 2.39. The summed E-state index contributed by atoms with van der Waals surface area (Å²) in [5, 5.41) is 3.99. The van der Waals surface area contributed by atoms with Crippen LogP contribution in [0.2, 0.25) is 10.0 Å². The fourth-order valence-corrected chi connectivity index (χ4v) is 5.48. The predicted octanol–water partition coefficient (Wildman–Crippen LogP) is 5.98. The number of hydrogen-bond acceptors (Lipinski definition) is 9. The van der Waals surface area contributed by atoms with Gasteiger partial charge in [0, 0.05) is 47.2 Å². The number of nitrogens with zero attached hydrogens (tertiary/aromatic N) is 3. The van der Waals surface area contributed by atoms with Gasteiger partial charge in [-0.25, -0.2) is 14.8 Å². The van der Waals surface area contributed by atoms with Gasteiger partial charge in [0.05, 0.1) is 45.3 Å². The highest BCUT2D eigenvalue weighted by Gasteiger charge is 2.27. The number of carbonyl (C=O) groups is 1. The van der Waals surface area contributed by atoms with Crippen LogP contribution < -0.4 is 10.1 Å². The summed E-state index contributed by atoms with van der Waals surface area (Å²) >= 11 is 12.9. The van der Waals surface area contributed by atoms with E-state index in [0.717, 1.165) is 41.0 Å². The quantitative estimate of drug-likeness (QED) is 0.197.